The Bertz CT molecular complexity index is 827. The zero-order valence-corrected chi connectivity index (χ0v) is 13.5. The number of furan rings is 1. The second-order valence-corrected chi connectivity index (χ2v) is 5.44. The molecule has 0 saturated heterocycles. The molecular formula is C18H18N4O2. The van der Waals surface area contributed by atoms with Crippen molar-refractivity contribution in [2.24, 2.45) is 0 Å². The summed E-state index contributed by atoms with van der Waals surface area (Å²) in [6.45, 7) is 4.10. The van der Waals surface area contributed by atoms with Crippen molar-refractivity contribution in [1.29, 1.82) is 0 Å². The van der Waals surface area contributed by atoms with Gasteiger partial charge in [0.1, 0.15) is 23.1 Å². The predicted octanol–water partition coefficient (Wildman–Crippen LogP) is 3.36. The topological polar surface area (TPSA) is 80.0 Å². The molecule has 0 aliphatic carbocycles. The summed E-state index contributed by atoms with van der Waals surface area (Å²) in [6.07, 6.45) is 1.57. The summed E-state index contributed by atoms with van der Waals surface area (Å²) >= 11 is 0. The number of aromatic nitrogens is 2. The van der Waals surface area contributed by atoms with Crippen LogP contribution in [-0.4, -0.2) is 15.9 Å². The molecular weight excluding hydrogens is 304 g/mol. The molecule has 0 saturated carbocycles. The van der Waals surface area contributed by atoms with E-state index in [1.165, 1.54) is 5.56 Å². The van der Waals surface area contributed by atoms with Gasteiger partial charge in [-0.25, -0.2) is 9.97 Å². The number of nitrogens with one attached hydrogen (secondary N) is 2. The number of amides is 1. The molecule has 0 bridgehead atoms. The van der Waals surface area contributed by atoms with E-state index in [4.69, 9.17) is 4.42 Å². The number of anilines is 2. The molecule has 122 valence electrons. The van der Waals surface area contributed by atoms with Crippen LogP contribution < -0.4 is 10.6 Å². The third kappa shape index (κ3) is 3.98. The summed E-state index contributed by atoms with van der Waals surface area (Å²) in [5.41, 5.74) is 2.39. The SMILES string of the molecule is Cc1ccc(Nc2cc(C(=O)NCc3ccco3)nc(C)n2)cc1. The van der Waals surface area contributed by atoms with E-state index in [9.17, 15) is 4.79 Å². The first-order valence-electron chi connectivity index (χ1n) is 7.60. The largest absolute Gasteiger partial charge is 0.467 e. The van der Waals surface area contributed by atoms with Crippen LogP contribution in [0.3, 0.4) is 0 Å². The van der Waals surface area contributed by atoms with E-state index in [0.717, 1.165) is 5.69 Å². The molecule has 3 rings (SSSR count). The molecule has 2 heterocycles. The molecule has 0 aliphatic heterocycles. The van der Waals surface area contributed by atoms with Crippen molar-refractivity contribution < 1.29 is 9.21 Å². The van der Waals surface area contributed by atoms with E-state index in [-0.39, 0.29) is 5.91 Å². The third-order valence-electron chi connectivity index (χ3n) is 3.40. The number of nitrogens with zero attached hydrogens (tertiary/aromatic N) is 2. The summed E-state index contributed by atoms with van der Waals surface area (Å²) in [7, 11) is 0. The van der Waals surface area contributed by atoms with Gasteiger partial charge >= 0.3 is 0 Å². The Labute approximate surface area is 140 Å². The standard InChI is InChI=1S/C18H18N4O2/c1-12-5-7-14(8-6-12)22-17-10-16(20-13(2)21-17)18(23)19-11-15-4-3-9-24-15/h3-10H,11H2,1-2H3,(H,19,23)(H,20,21,22). The summed E-state index contributed by atoms with van der Waals surface area (Å²) in [6, 6.07) is 13.1. The molecule has 1 amide bonds. The maximum absolute atomic E-state index is 12.3. The number of hydrogen-bond donors (Lipinski definition) is 2. The van der Waals surface area contributed by atoms with Crippen molar-refractivity contribution in [1.82, 2.24) is 15.3 Å². The van der Waals surface area contributed by atoms with E-state index in [0.29, 0.717) is 29.6 Å². The Morgan fingerprint density at radius 3 is 2.62 bits per heavy atom. The highest BCUT2D eigenvalue weighted by Crippen LogP contribution is 2.16. The third-order valence-corrected chi connectivity index (χ3v) is 3.40. The van der Waals surface area contributed by atoms with E-state index in [1.807, 2.05) is 31.2 Å². The molecule has 0 spiro atoms. The lowest BCUT2D eigenvalue weighted by molar-refractivity contribution is 0.0942. The Hall–Kier alpha value is -3.15. The van der Waals surface area contributed by atoms with Crippen molar-refractivity contribution in [3.63, 3.8) is 0 Å². The lowest BCUT2D eigenvalue weighted by Crippen LogP contribution is -2.24. The highest BCUT2D eigenvalue weighted by atomic mass is 16.3. The Balaban J connectivity index is 1.73. The van der Waals surface area contributed by atoms with Crippen LogP contribution in [0.25, 0.3) is 0 Å². The molecule has 6 nitrogen and oxygen atoms in total. The number of hydrogen-bond acceptors (Lipinski definition) is 5. The number of carbonyl (C=O) groups excluding carboxylic acids is 1. The summed E-state index contributed by atoms with van der Waals surface area (Å²) in [5, 5.41) is 5.96. The zero-order valence-electron chi connectivity index (χ0n) is 13.5. The minimum Gasteiger partial charge on any atom is -0.467 e. The van der Waals surface area contributed by atoms with Gasteiger partial charge in [-0.3, -0.25) is 4.79 Å². The van der Waals surface area contributed by atoms with Crippen LogP contribution in [0.2, 0.25) is 0 Å². The van der Waals surface area contributed by atoms with Gasteiger partial charge in [-0.15, -0.1) is 0 Å². The predicted molar refractivity (Wildman–Crippen MR) is 91.1 cm³/mol. The second kappa shape index (κ2) is 6.95. The van der Waals surface area contributed by atoms with Gasteiger partial charge in [0.15, 0.2) is 0 Å². The van der Waals surface area contributed by atoms with Crippen LogP contribution in [0.5, 0.6) is 0 Å². The van der Waals surface area contributed by atoms with Gasteiger partial charge < -0.3 is 15.1 Å². The first-order valence-corrected chi connectivity index (χ1v) is 7.60. The van der Waals surface area contributed by atoms with E-state index in [2.05, 4.69) is 20.6 Å². The van der Waals surface area contributed by atoms with Gasteiger partial charge in [-0.2, -0.15) is 0 Å². The molecule has 1 aromatic carbocycles. The van der Waals surface area contributed by atoms with E-state index >= 15 is 0 Å². The number of aryl methyl sites for hydroxylation is 2. The van der Waals surface area contributed by atoms with Crippen molar-refractivity contribution in [3.05, 3.63) is 71.6 Å². The van der Waals surface area contributed by atoms with Crippen molar-refractivity contribution in [2.75, 3.05) is 5.32 Å². The van der Waals surface area contributed by atoms with E-state index in [1.54, 1.807) is 31.4 Å². The number of benzene rings is 1. The number of rotatable bonds is 5. The van der Waals surface area contributed by atoms with Crippen LogP contribution in [0.1, 0.15) is 27.6 Å². The average molecular weight is 322 g/mol. The highest BCUT2D eigenvalue weighted by molar-refractivity contribution is 5.93. The van der Waals surface area contributed by atoms with Crippen LogP contribution in [0.4, 0.5) is 11.5 Å². The van der Waals surface area contributed by atoms with Gasteiger partial charge in [0.25, 0.3) is 5.91 Å². The quantitative estimate of drug-likeness (QED) is 0.753. The minimum absolute atomic E-state index is 0.274. The fourth-order valence-electron chi connectivity index (χ4n) is 2.20. The van der Waals surface area contributed by atoms with Crippen LogP contribution in [-0.2, 0) is 6.54 Å². The van der Waals surface area contributed by atoms with Crippen LogP contribution in [0.15, 0.2) is 53.1 Å². The van der Waals surface area contributed by atoms with Gasteiger partial charge in [-0.05, 0) is 38.1 Å². The Morgan fingerprint density at radius 2 is 1.92 bits per heavy atom. The normalized spacial score (nSPS) is 10.4. The number of carbonyl (C=O) groups is 1. The lowest BCUT2D eigenvalue weighted by Gasteiger charge is -2.09. The Morgan fingerprint density at radius 1 is 1.12 bits per heavy atom. The molecule has 2 aromatic heterocycles. The van der Waals surface area contributed by atoms with Crippen molar-refractivity contribution >= 4 is 17.4 Å². The van der Waals surface area contributed by atoms with E-state index < -0.39 is 0 Å². The molecule has 0 unspecified atom stereocenters. The monoisotopic (exact) mass is 322 g/mol. The maximum atomic E-state index is 12.3. The molecule has 0 fully saturated rings. The van der Waals surface area contributed by atoms with Gasteiger partial charge in [-0.1, -0.05) is 17.7 Å². The first-order chi connectivity index (χ1) is 11.6. The molecule has 3 aromatic rings. The van der Waals surface area contributed by atoms with Crippen LogP contribution in [0, 0.1) is 13.8 Å². The van der Waals surface area contributed by atoms with Crippen molar-refractivity contribution in [2.45, 2.75) is 20.4 Å². The van der Waals surface area contributed by atoms with Gasteiger partial charge in [0, 0.05) is 11.8 Å². The van der Waals surface area contributed by atoms with Crippen LogP contribution >= 0.6 is 0 Å². The van der Waals surface area contributed by atoms with Crippen molar-refractivity contribution in [3.8, 4) is 0 Å². The highest BCUT2D eigenvalue weighted by Gasteiger charge is 2.11. The smallest absolute Gasteiger partial charge is 0.270 e. The first kappa shape index (κ1) is 15.7. The molecule has 2 N–H and O–H groups in total. The molecule has 0 atom stereocenters. The Kier molecular flexibility index (Phi) is 4.56. The second-order valence-electron chi connectivity index (χ2n) is 5.44. The van der Waals surface area contributed by atoms with Gasteiger partial charge in [0.05, 0.1) is 12.8 Å². The summed E-state index contributed by atoms with van der Waals surface area (Å²) in [4.78, 5) is 20.8. The fourth-order valence-corrected chi connectivity index (χ4v) is 2.20. The minimum atomic E-state index is -0.274. The molecule has 0 aliphatic rings. The summed E-state index contributed by atoms with van der Waals surface area (Å²) < 4.78 is 5.20. The lowest BCUT2D eigenvalue weighted by atomic mass is 10.2. The average Bonchev–Trinajstić information content (AvgIpc) is 3.08. The zero-order chi connectivity index (χ0) is 16.9. The summed E-state index contributed by atoms with van der Waals surface area (Å²) in [5.74, 6) is 1.51. The molecule has 6 heteroatoms. The van der Waals surface area contributed by atoms with Gasteiger partial charge in [0.2, 0.25) is 0 Å². The molecule has 0 radical (unpaired) electrons. The maximum Gasteiger partial charge on any atom is 0.270 e. The fraction of sp³-hybridized carbons (Fsp3) is 0.167. The molecule has 24 heavy (non-hydrogen) atoms.